The monoisotopic (exact) mass is 474 g/mol. The largest absolute Gasteiger partial charge is 0.459 e. The Balaban J connectivity index is 1.58. The molecule has 2 amide bonds. The Hall–Kier alpha value is -4.20. The van der Waals surface area contributed by atoms with Crippen LogP contribution in [0.25, 0.3) is 16.9 Å². The summed E-state index contributed by atoms with van der Waals surface area (Å²) in [6.07, 6.45) is 4.15. The summed E-state index contributed by atoms with van der Waals surface area (Å²) < 4.78 is 20.3. The van der Waals surface area contributed by atoms with Crippen LogP contribution in [0.1, 0.15) is 36.7 Å². The molecular formula is C27H27FN4O3. The van der Waals surface area contributed by atoms with Crippen molar-refractivity contribution in [1.29, 1.82) is 0 Å². The average Bonchev–Trinajstić information content (AvgIpc) is 3.55. The molecule has 0 saturated heterocycles. The Morgan fingerprint density at radius 1 is 1.03 bits per heavy atom. The molecule has 0 radical (unpaired) electrons. The van der Waals surface area contributed by atoms with Gasteiger partial charge in [0, 0.05) is 18.2 Å². The second kappa shape index (κ2) is 11.3. The maximum absolute atomic E-state index is 13.5. The highest BCUT2D eigenvalue weighted by Crippen LogP contribution is 2.25. The van der Waals surface area contributed by atoms with Crippen molar-refractivity contribution in [2.75, 3.05) is 18.4 Å². The summed E-state index contributed by atoms with van der Waals surface area (Å²) in [6, 6.07) is 20.4. The second-order valence-corrected chi connectivity index (χ2v) is 8.13. The number of anilines is 1. The van der Waals surface area contributed by atoms with Gasteiger partial charge in [0.2, 0.25) is 5.91 Å². The van der Waals surface area contributed by atoms with Crippen LogP contribution in [0, 0.1) is 5.82 Å². The molecule has 0 spiro atoms. The van der Waals surface area contributed by atoms with Crippen LogP contribution in [0.15, 0.2) is 83.5 Å². The van der Waals surface area contributed by atoms with Gasteiger partial charge in [-0.25, -0.2) is 9.07 Å². The van der Waals surface area contributed by atoms with E-state index in [-0.39, 0.29) is 29.9 Å². The molecule has 8 heteroatoms. The number of benzene rings is 2. The van der Waals surface area contributed by atoms with E-state index in [9.17, 15) is 14.0 Å². The lowest BCUT2D eigenvalue weighted by Gasteiger charge is -2.21. The van der Waals surface area contributed by atoms with E-state index in [4.69, 9.17) is 4.42 Å². The van der Waals surface area contributed by atoms with Crippen LogP contribution >= 0.6 is 0 Å². The van der Waals surface area contributed by atoms with Gasteiger partial charge in [0.1, 0.15) is 18.2 Å². The molecule has 0 atom stereocenters. The van der Waals surface area contributed by atoms with Crippen LogP contribution in [-0.4, -0.2) is 39.6 Å². The fraction of sp³-hybridized carbons (Fsp3) is 0.222. The number of nitrogens with one attached hydrogen (secondary N) is 1. The molecule has 0 bridgehead atoms. The molecule has 4 rings (SSSR count). The normalized spacial score (nSPS) is 10.8. The van der Waals surface area contributed by atoms with Crippen LogP contribution in [-0.2, 0) is 4.79 Å². The molecular weight excluding hydrogens is 447 g/mol. The summed E-state index contributed by atoms with van der Waals surface area (Å²) in [7, 11) is 0. The van der Waals surface area contributed by atoms with Crippen LogP contribution in [0.5, 0.6) is 0 Å². The summed E-state index contributed by atoms with van der Waals surface area (Å²) in [5.41, 5.74) is 2.12. The molecule has 4 aromatic rings. The predicted octanol–water partition coefficient (Wildman–Crippen LogP) is 5.54. The summed E-state index contributed by atoms with van der Waals surface area (Å²) in [5, 5.41) is 7.51. The number of nitrogens with zero attached hydrogens (tertiary/aromatic N) is 3. The first-order valence-electron chi connectivity index (χ1n) is 11.6. The van der Waals surface area contributed by atoms with Gasteiger partial charge in [-0.2, -0.15) is 5.10 Å². The average molecular weight is 475 g/mol. The van der Waals surface area contributed by atoms with Gasteiger partial charge >= 0.3 is 0 Å². The molecule has 0 aliphatic heterocycles. The molecule has 2 heterocycles. The lowest BCUT2D eigenvalue weighted by atomic mass is 10.1. The quantitative estimate of drug-likeness (QED) is 0.306. The van der Waals surface area contributed by atoms with Crippen molar-refractivity contribution in [2.45, 2.75) is 26.2 Å². The first-order valence-corrected chi connectivity index (χ1v) is 11.6. The number of hydrogen-bond acceptors (Lipinski definition) is 4. The first kappa shape index (κ1) is 23.9. The predicted molar refractivity (Wildman–Crippen MR) is 132 cm³/mol. The third kappa shape index (κ3) is 6.03. The lowest BCUT2D eigenvalue weighted by Crippen LogP contribution is -2.38. The molecule has 180 valence electrons. The van der Waals surface area contributed by atoms with Crippen LogP contribution in [0.2, 0.25) is 0 Å². The van der Waals surface area contributed by atoms with Crippen molar-refractivity contribution in [3.8, 4) is 16.9 Å². The summed E-state index contributed by atoms with van der Waals surface area (Å²) in [6.45, 7) is 2.37. The van der Waals surface area contributed by atoms with Gasteiger partial charge in [0.15, 0.2) is 5.76 Å². The number of rotatable bonds is 10. The molecule has 2 aromatic heterocycles. The second-order valence-electron chi connectivity index (χ2n) is 8.13. The van der Waals surface area contributed by atoms with Crippen molar-refractivity contribution in [2.24, 2.45) is 0 Å². The minimum atomic E-state index is -0.371. The van der Waals surface area contributed by atoms with E-state index >= 15 is 0 Å². The smallest absolute Gasteiger partial charge is 0.290 e. The fourth-order valence-corrected chi connectivity index (χ4v) is 3.72. The minimum absolute atomic E-state index is 0.140. The highest BCUT2D eigenvalue weighted by molar-refractivity contribution is 5.98. The van der Waals surface area contributed by atoms with Crippen molar-refractivity contribution in [1.82, 2.24) is 14.7 Å². The SMILES string of the molecule is CCCCCN(CC(=O)Nc1cc(-c2ccccc2)nn1-c1ccc(F)cc1)C(=O)c1ccco1. The molecule has 0 aliphatic rings. The Labute approximate surface area is 203 Å². The number of furan rings is 1. The Morgan fingerprint density at radius 2 is 1.80 bits per heavy atom. The summed E-state index contributed by atoms with van der Waals surface area (Å²) >= 11 is 0. The number of amides is 2. The van der Waals surface area contributed by atoms with E-state index < -0.39 is 0 Å². The van der Waals surface area contributed by atoms with E-state index in [1.165, 1.54) is 23.3 Å². The van der Waals surface area contributed by atoms with Gasteiger partial charge < -0.3 is 14.6 Å². The van der Waals surface area contributed by atoms with Crippen LogP contribution in [0.4, 0.5) is 10.2 Å². The van der Waals surface area contributed by atoms with Gasteiger partial charge in [-0.3, -0.25) is 9.59 Å². The van der Waals surface area contributed by atoms with E-state index in [0.29, 0.717) is 23.7 Å². The van der Waals surface area contributed by atoms with Crippen molar-refractivity contribution in [3.63, 3.8) is 0 Å². The first-order chi connectivity index (χ1) is 17.0. The Morgan fingerprint density at radius 3 is 2.49 bits per heavy atom. The number of aromatic nitrogens is 2. The molecule has 0 fully saturated rings. The number of carbonyl (C=O) groups excluding carboxylic acids is 2. The van der Waals surface area contributed by atoms with E-state index in [1.807, 2.05) is 30.3 Å². The van der Waals surface area contributed by atoms with Gasteiger partial charge in [0.25, 0.3) is 5.91 Å². The van der Waals surface area contributed by atoms with Gasteiger partial charge in [-0.05, 0) is 42.8 Å². The minimum Gasteiger partial charge on any atom is -0.459 e. The summed E-state index contributed by atoms with van der Waals surface area (Å²) in [4.78, 5) is 27.5. The zero-order chi connectivity index (χ0) is 24.6. The number of carbonyl (C=O) groups is 2. The van der Waals surface area contributed by atoms with E-state index in [0.717, 1.165) is 24.8 Å². The zero-order valence-electron chi connectivity index (χ0n) is 19.5. The molecule has 0 saturated carbocycles. The Bertz CT molecular complexity index is 1250. The molecule has 7 nitrogen and oxygen atoms in total. The third-order valence-corrected chi connectivity index (χ3v) is 5.50. The van der Waals surface area contributed by atoms with Crippen molar-refractivity contribution in [3.05, 3.63) is 90.6 Å². The molecule has 2 aromatic carbocycles. The molecule has 0 unspecified atom stereocenters. The molecule has 35 heavy (non-hydrogen) atoms. The molecule has 1 N–H and O–H groups in total. The maximum atomic E-state index is 13.5. The third-order valence-electron chi connectivity index (χ3n) is 5.50. The van der Waals surface area contributed by atoms with Crippen LogP contribution in [0.3, 0.4) is 0 Å². The van der Waals surface area contributed by atoms with Crippen molar-refractivity contribution < 1.29 is 18.4 Å². The van der Waals surface area contributed by atoms with Crippen LogP contribution < -0.4 is 5.32 Å². The fourth-order valence-electron chi connectivity index (χ4n) is 3.72. The topological polar surface area (TPSA) is 80.4 Å². The standard InChI is InChI=1S/C27H27FN4O3/c1-2-3-7-16-31(27(34)24-11-8-17-35-24)19-26(33)29-25-18-23(20-9-5-4-6-10-20)30-32(25)22-14-12-21(28)13-15-22/h4-6,8-15,17-18H,2-3,7,16,19H2,1H3,(H,29,33). The number of halogens is 1. The van der Waals surface area contributed by atoms with Gasteiger partial charge in [-0.15, -0.1) is 0 Å². The number of hydrogen-bond donors (Lipinski definition) is 1. The zero-order valence-corrected chi connectivity index (χ0v) is 19.5. The number of unbranched alkanes of at least 4 members (excludes halogenated alkanes) is 2. The molecule has 0 aliphatic carbocycles. The maximum Gasteiger partial charge on any atom is 0.290 e. The van der Waals surface area contributed by atoms with Gasteiger partial charge in [0.05, 0.1) is 17.6 Å². The Kier molecular flexibility index (Phi) is 7.72. The van der Waals surface area contributed by atoms with Gasteiger partial charge in [-0.1, -0.05) is 50.1 Å². The highest BCUT2D eigenvalue weighted by Gasteiger charge is 2.22. The lowest BCUT2D eigenvalue weighted by molar-refractivity contribution is -0.117. The van der Waals surface area contributed by atoms with Crippen molar-refractivity contribution >= 4 is 17.6 Å². The summed E-state index contributed by atoms with van der Waals surface area (Å²) in [5.74, 6) is -0.465. The van der Waals surface area contributed by atoms with E-state index in [2.05, 4.69) is 17.3 Å². The van der Waals surface area contributed by atoms with E-state index in [1.54, 1.807) is 35.0 Å². The highest BCUT2D eigenvalue weighted by atomic mass is 19.1.